The highest BCUT2D eigenvalue weighted by Crippen LogP contribution is 2.40. The van der Waals surface area contributed by atoms with E-state index in [4.69, 9.17) is 10.6 Å². The zero-order valence-corrected chi connectivity index (χ0v) is 20.1. The number of carboxylic acids is 1. The summed E-state index contributed by atoms with van der Waals surface area (Å²) in [5.41, 5.74) is 8.01. The van der Waals surface area contributed by atoms with Gasteiger partial charge in [0.2, 0.25) is 11.5 Å². The average molecular weight is 505 g/mol. The molecule has 0 aromatic carbocycles. The van der Waals surface area contributed by atoms with E-state index in [-0.39, 0.29) is 22.4 Å². The van der Waals surface area contributed by atoms with Crippen LogP contribution in [-0.2, 0) is 25.8 Å². The number of aromatic nitrogens is 3. The molecular formula is C20H22N7O5S2+. The average Bonchev–Trinajstić information content (AvgIpc) is 3.20. The maximum atomic E-state index is 12.9. The second kappa shape index (κ2) is 9.38. The number of nitrogen functional groups attached to an aromatic ring is 1. The zero-order valence-electron chi connectivity index (χ0n) is 18.5. The molecular weight excluding hydrogens is 482 g/mol. The molecule has 12 nitrogen and oxygen atoms in total. The van der Waals surface area contributed by atoms with Gasteiger partial charge in [-0.1, -0.05) is 5.16 Å². The molecule has 1 fully saturated rings. The predicted molar refractivity (Wildman–Crippen MR) is 124 cm³/mol. The highest BCUT2D eigenvalue weighted by atomic mass is 32.2. The van der Waals surface area contributed by atoms with Gasteiger partial charge in [-0.25, -0.2) is 9.36 Å². The third-order valence-corrected chi connectivity index (χ3v) is 7.04. The maximum absolute atomic E-state index is 12.9. The van der Waals surface area contributed by atoms with Crippen LogP contribution in [0.15, 0.2) is 34.9 Å². The molecule has 2 aliphatic rings. The molecule has 2 atom stereocenters. The van der Waals surface area contributed by atoms with E-state index in [0.29, 0.717) is 17.9 Å². The minimum atomic E-state index is -1.19. The second-order valence-corrected chi connectivity index (χ2v) is 9.65. The summed E-state index contributed by atoms with van der Waals surface area (Å²) in [5.74, 6) is -2.07. The number of aryl methyl sites for hydroxylation is 2. The third kappa shape index (κ3) is 4.46. The van der Waals surface area contributed by atoms with E-state index in [1.54, 1.807) is 0 Å². The predicted octanol–water partition coefficient (Wildman–Crippen LogP) is -0.186. The summed E-state index contributed by atoms with van der Waals surface area (Å²) in [4.78, 5) is 47.7. The number of rotatable bonds is 7. The van der Waals surface area contributed by atoms with Gasteiger partial charge in [0.05, 0.1) is 0 Å². The lowest BCUT2D eigenvalue weighted by Crippen LogP contribution is -2.71. The molecule has 0 saturated carbocycles. The van der Waals surface area contributed by atoms with Gasteiger partial charge in [-0.2, -0.15) is 9.36 Å². The van der Waals surface area contributed by atoms with E-state index in [9.17, 15) is 19.5 Å². The Kier molecular flexibility index (Phi) is 6.52. The molecule has 0 radical (unpaired) electrons. The van der Waals surface area contributed by atoms with Crippen molar-refractivity contribution in [3.8, 4) is 0 Å². The van der Waals surface area contributed by atoms with Crippen molar-refractivity contribution in [3.05, 3.63) is 46.7 Å². The first-order valence-electron chi connectivity index (χ1n) is 10.1. The molecule has 178 valence electrons. The maximum Gasteiger partial charge on any atom is 0.352 e. The number of pyridine rings is 1. The number of nitrogens with zero attached hydrogens (tertiary/aromatic N) is 5. The van der Waals surface area contributed by atoms with Crippen molar-refractivity contribution in [1.29, 1.82) is 0 Å². The summed E-state index contributed by atoms with van der Waals surface area (Å²) >= 11 is 2.27. The SMILES string of the molecule is CON=C(C(=O)NC1C(=O)N2C(C(=O)O)=C(C[n+]3cc(C)cc(C)c3)CS[C@@H]12)c1nsc(N)n1. The Labute approximate surface area is 202 Å². The van der Waals surface area contributed by atoms with Crippen LogP contribution in [0.3, 0.4) is 0 Å². The highest BCUT2D eigenvalue weighted by Gasteiger charge is 2.54. The largest absolute Gasteiger partial charge is 0.477 e. The molecule has 2 aromatic heterocycles. The number of oxime groups is 1. The summed E-state index contributed by atoms with van der Waals surface area (Å²) in [5, 5.41) is 15.7. The van der Waals surface area contributed by atoms with Gasteiger partial charge in [-0.3, -0.25) is 14.5 Å². The molecule has 0 bridgehead atoms. The van der Waals surface area contributed by atoms with Crippen LogP contribution in [0.1, 0.15) is 17.0 Å². The van der Waals surface area contributed by atoms with Gasteiger partial charge < -0.3 is 21.0 Å². The number of β-lactam (4-membered cyclic amide) rings is 1. The highest BCUT2D eigenvalue weighted by molar-refractivity contribution is 8.00. The normalized spacial score (nSPS) is 20.0. The van der Waals surface area contributed by atoms with Crippen molar-refractivity contribution in [1.82, 2.24) is 19.6 Å². The Bertz CT molecular complexity index is 1220. The summed E-state index contributed by atoms with van der Waals surface area (Å²) in [6.07, 6.45) is 3.85. The van der Waals surface area contributed by atoms with Crippen LogP contribution >= 0.6 is 23.3 Å². The molecule has 2 aromatic rings. The number of anilines is 1. The molecule has 0 aliphatic carbocycles. The lowest BCUT2D eigenvalue weighted by Gasteiger charge is -2.49. The van der Waals surface area contributed by atoms with Crippen LogP contribution in [-0.4, -0.2) is 67.1 Å². The van der Waals surface area contributed by atoms with Gasteiger partial charge in [-0.05, 0) is 19.9 Å². The van der Waals surface area contributed by atoms with E-state index >= 15 is 0 Å². The van der Waals surface area contributed by atoms with Crippen LogP contribution in [0.4, 0.5) is 5.13 Å². The van der Waals surface area contributed by atoms with E-state index in [0.717, 1.165) is 22.7 Å². The van der Waals surface area contributed by atoms with E-state index in [2.05, 4.69) is 19.8 Å². The molecule has 34 heavy (non-hydrogen) atoms. The molecule has 1 saturated heterocycles. The zero-order chi connectivity index (χ0) is 24.6. The van der Waals surface area contributed by atoms with Gasteiger partial charge in [0.15, 0.2) is 24.1 Å². The second-order valence-electron chi connectivity index (χ2n) is 7.76. The molecule has 2 amide bonds. The van der Waals surface area contributed by atoms with E-state index < -0.39 is 29.2 Å². The van der Waals surface area contributed by atoms with Gasteiger partial charge in [0, 0.05) is 34.0 Å². The number of carbonyl (C=O) groups is 3. The minimum absolute atomic E-state index is 0.0272. The van der Waals surface area contributed by atoms with Gasteiger partial charge in [0.25, 0.3) is 11.8 Å². The fourth-order valence-corrected chi connectivity index (χ4v) is 5.70. The fourth-order valence-electron chi connectivity index (χ4n) is 3.93. The Hall–Kier alpha value is -3.52. The smallest absolute Gasteiger partial charge is 0.352 e. The van der Waals surface area contributed by atoms with Crippen molar-refractivity contribution in [2.24, 2.45) is 5.16 Å². The number of thioether (sulfide) groups is 1. The molecule has 4 heterocycles. The van der Waals surface area contributed by atoms with Crippen LogP contribution in [0, 0.1) is 13.8 Å². The van der Waals surface area contributed by atoms with Gasteiger partial charge in [0.1, 0.15) is 24.2 Å². The Morgan fingerprint density at radius 2 is 2.09 bits per heavy atom. The van der Waals surface area contributed by atoms with Crippen molar-refractivity contribution < 1.29 is 28.9 Å². The molecule has 4 rings (SSSR count). The Morgan fingerprint density at radius 3 is 2.68 bits per heavy atom. The van der Waals surface area contributed by atoms with Crippen molar-refractivity contribution in [3.63, 3.8) is 0 Å². The number of amides is 2. The van der Waals surface area contributed by atoms with Crippen LogP contribution < -0.4 is 15.6 Å². The van der Waals surface area contributed by atoms with Gasteiger partial charge in [-0.15, -0.1) is 11.8 Å². The number of aliphatic carboxylic acids is 1. The minimum Gasteiger partial charge on any atom is -0.477 e. The summed E-state index contributed by atoms with van der Waals surface area (Å²) in [6.45, 7) is 4.27. The fraction of sp³-hybridized carbons (Fsp3) is 0.350. The molecule has 2 aliphatic heterocycles. The lowest BCUT2D eigenvalue weighted by atomic mass is 10.0. The number of nitrogens with two attached hydrogens (primary N) is 1. The quantitative estimate of drug-likeness (QED) is 0.201. The van der Waals surface area contributed by atoms with Crippen molar-refractivity contribution in [2.75, 3.05) is 18.6 Å². The molecule has 4 N–H and O–H groups in total. The number of carboxylic acid groups (broad SMARTS) is 1. The third-order valence-electron chi connectivity index (χ3n) is 5.16. The molecule has 1 unspecified atom stereocenters. The first-order valence-corrected chi connectivity index (χ1v) is 11.9. The number of carbonyl (C=O) groups excluding carboxylic acids is 2. The summed E-state index contributed by atoms with van der Waals surface area (Å²) in [7, 11) is 1.26. The number of fused-ring (bicyclic) bond motifs is 1. The standard InChI is InChI=1S/C20H21N7O5S2/c1-9-4-10(2)6-26(5-9)7-11-8-33-18-13(17(29)27(18)14(11)19(30)31)22-16(28)12(24-32-3)15-23-20(21)34-25-15/h4-6,13,18H,7-8H2,1-3H3,(H3-,21,22,23,25,28,30,31)/p+1/t13?,18-/m0/s1. The van der Waals surface area contributed by atoms with Crippen LogP contribution in [0.2, 0.25) is 0 Å². The first-order chi connectivity index (χ1) is 16.2. The summed E-state index contributed by atoms with van der Waals surface area (Å²) in [6, 6.07) is 1.10. The van der Waals surface area contributed by atoms with E-state index in [1.807, 2.05) is 36.9 Å². The lowest BCUT2D eigenvalue weighted by molar-refractivity contribution is -0.689. The first kappa shape index (κ1) is 23.6. The van der Waals surface area contributed by atoms with Gasteiger partial charge >= 0.3 is 5.97 Å². The van der Waals surface area contributed by atoms with Crippen LogP contribution in [0.25, 0.3) is 0 Å². The molecule has 0 spiro atoms. The summed E-state index contributed by atoms with van der Waals surface area (Å²) < 4.78 is 5.86. The monoisotopic (exact) mass is 504 g/mol. The molecule has 14 heteroatoms. The Morgan fingerprint density at radius 1 is 1.38 bits per heavy atom. The van der Waals surface area contributed by atoms with Crippen molar-refractivity contribution >= 4 is 51.9 Å². The number of hydrogen-bond acceptors (Lipinski definition) is 10. The Balaban J connectivity index is 1.55. The van der Waals surface area contributed by atoms with Crippen LogP contribution in [0.5, 0.6) is 0 Å². The number of hydrogen-bond donors (Lipinski definition) is 3. The number of nitrogens with one attached hydrogen (secondary N) is 1. The topological polar surface area (TPSA) is 164 Å². The van der Waals surface area contributed by atoms with E-state index in [1.165, 1.54) is 23.8 Å². The van der Waals surface area contributed by atoms with Crippen molar-refractivity contribution in [2.45, 2.75) is 31.8 Å².